The van der Waals surface area contributed by atoms with Crippen molar-refractivity contribution in [2.24, 2.45) is 5.92 Å². The molecule has 150 valence electrons. The first-order valence-electron chi connectivity index (χ1n) is 9.62. The van der Waals surface area contributed by atoms with Crippen LogP contribution in [0.15, 0.2) is 60.8 Å². The van der Waals surface area contributed by atoms with E-state index >= 15 is 0 Å². The summed E-state index contributed by atoms with van der Waals surface area (Å²) in [5.74, 6) is -2.09. The summed E-state index contributed by atoms with van der Waals surface area (Å²) in [6, 6.07) is 14.7. The first kappa shape index (κ1) is 20.6. The molecule has 0 radical (unpaired) electrons. The monoisotopic (exact) mass is 394 g/mol. The van der Waals surface area contributed by atoms with Gasteiger partial charge in [-0.1, -0.05) is 26.0 Å². The average molecular weight is 394 g/mol. The average Bonchev–Trinajstić information content (AvgIpc) is 2.65. The van der Waals surface area contributed by atoms with E-state index in [1.165, 1.54) is 12.1 Å². The van der Waals surface area contributed by atoms with Crippen LogP contribution < -0.4 is 5.32 Å². The highest BCUT2D eigenvalue weighted by molar-refractivity contribution is 5.96. The third-order valence-electron chi connectivity index (χ3n) is 4.69. The van der Waals surface area contributed by atoms with E-state index in [-0.39, 0.29) is 11.8 Å². The molecule has 3 aromatic rings. The summed E-state index contributed by atoms with van der Waals surface area (Å²) in [6.07, 6.45) is 2.25. The highest BCUT2D eigenvalue weighted by Gasteiger charge is 2.23. The Hall–Kier alpha value is -3.08. The predicted molar refractivity (Wildman–Crippen MR) is 112 cm³/mol. The molecule has 3 rings (SSSR count). The number of nitrogens with zero attached hydrogens (tertiary/aromatic N) is 1. The second-order valence-electron chi connectivity index (χ2n) is 7.64. The highest BCUT2D eigenvalue weighted by Crippen LogP contribution is 2.28. The lowest BCUT2D eigenvalue weighted by molar-refractivity contribution is -0.117. The summed E-state index contributed by atoms with van der Waals surface area (Å²) in [5, 5.41) is 2.88. The van der Waals surface area contributed by atoms with Gasteiger partial charge < -0.3 is 5.32 Å². The smallest absolute Gasteiger partial charge is 0.231 e. The van der Waals surface area contributed by atoms with Gasteiger partial charge in [0.1, 0.15) is 11.6 Å². The minimum absolute atomic E-state index is 0.189. The molecular weight excluding hydrogens is 370 g/mol. The van der Waals surface area contributed by atoms with Gasteiger partial charge in [-0.2, -0.15) is 0 Å². The zero-order chi connectivity index (χ0) is 21.0. The van der Waals surface area contributed by atoms with Crippen LogP contribution in [0, 0.1) is 24.5 Å². The number of hydrogen-bond donors (Lipinski definition) is 1. The number of rotatable bonds is 6. The van der Waals surface area contributed by atoms with Gasteiger partial charge in [0.05, 0.1) is 5.92 Å². The maximum Gasteiger partial charge on any atom is 0.231 e. The van der Waals surface area contributed by atoms with Crippen molar-refractivity contribution < 1.29 is 13.6 Å². The van der Waals surface area contributed by atoms with Gasteiger partial charge in [-0.25, -0.2) is 8.78 Å². The lowest BCUT2D eigenvalue weighted by Gasteiger charge is -2.19. The zero-order valence-electron chi connectivity index (χ0n) is 16.7. The summed E-state index contributed by atoms with van der Waals surface area (Å²) < 4.78 is 27.3. The molecule has 1 aromatic heterocycles. The lowest BCUT2D eigenvalue weighted by Crippen LogP contribution is -2.23. The Morgan fingerprint density at radius 2 is 1.62 bits per heavy atom. The van der Waals surface area contributed by atoms with Crippen LogP contribution in [0.25, 0.3) is 11.1 Å². The Morgan fingerprint density at radius 3 is 2.21 bits per heavy atom. The molecule has 0 fully saturated rings. The number of aryl methyl sites for hydroxylation is 1. The van der Waals surface area contributed by atoms with Gasteiger partial charge in [0.2, 0.25) is 5.91 Å². The van der Waals surface area contributed by atoms with E-state index in [2.05, 4.69) is 10.3 Å². The Balaban J connectivity index is 1.80. The molecule has 2 aromatic carbocycles. The molecule has 0 saturated heterocycles. The molecule has 0 bridgehead atoms. The third-order valence-corrected chi connectivity index (χ3v) is 4.69. The standard InChI is InChI=1S/C24H24F2N2O/c1-15(2)10-23(19-12-20(25)14-21(26)13-19)24(29)28-22-6-4-17(5-7-22)18-8-9-27-16(3)11-18/h4-9,11-15,23H,10H2,1-3H3,(H,28,29)/t23-/m1/s1. The second kappa shape index (κ2) is 8.95. The molecule has 0 spiro atoms. The Labute approximate surface area is 169 Å². The van der Waals surface area contributed by atoms with Crippen LogP contribution >= 0.6 is 0 Å². The van der Waals surface area contributed by atoms with E-state index in [0.29, 0.717) is 17.7 Å². The molecule has 0 aliphatic rings. The number of amides is 1. The van der Waals surface area contributed by atoms with Crippen molar-refractivity contribution in [3.8, 4) is 11.1 Å². The van der Waals surface area contributed by atoms with E-state index in [9.17, 15) is 13.6 Å². The van der Waals surface area contributed by atoms with Gasteiger partial charge in [-0.3, -0.25) is 9.78 Å². The van der Waals surface area contributed by atoms with Gasteiger partial charge in [0.25, 0.3) is 0 Å². The molecule has 3 nitrogen and oxygen atoms in total. The summed E-state index contributed by atoms with van der Waals surface area (Å²) in [5.41, 5.74) is 3.97. The van der Waals surface area contributed by atoms with Crippen molar-refractivity contribution in [3.05, 3.63) is 83.7 Å². The molecular formula is C24H24F2N2O. The number of anilines is 1. The first-order chi connectivity index (χ1) is 13.8. The van der Waals surface area contributed by atoms with Gasteiger partial charge in [-0.05, 0) is 72.4 Å². The first-order valence-corrected chi connectivity index (χ1v) is 9.62. The summed E-state index contributed by atoms with van der Waals surface area (Å²) in [6.45, 7) is 5.88. The quantitative estimate of drug-likeness (QED) is 0.549. The molecule has 29 heavy (non-hydrogen) atoms. The SMILES string of the molecule is Cc1cc(-c2ccc(NC(=O)[C@H](CC(C)C)c3cc(F)cc(F)c3)cc2)ccn1. The summed E-state index contributed by atoms with van der Waals surface area (Å²) >= 11 is 0. The molecule has 0 aliphatic heterocycles. The molecule has 0 unspecified atom stereocenters. The second-order valence-corrected chi connectivity index (χ2v) is 7.64. The number of nitrogens with one attached hydrogen (secondary N) is 1. The maximum absolute atomic E-state index is 13.7. The van der Waals surface area contributed by atoms with Crippen molar-refractivity contribution in [2.75, 3.05) is 5.32 Å². The predicted octanol–water partition coefficient (Wildman–Crippen LogP) is 6.10. The number of carbonyl (C=O) groups excluding carboxylic acids is 1. The lowest BCUT2D eigenvalue weighted by atomic mass is 9.89. The van der Waals surface area contributed by atoms with E-state index in [1.54, 1.807) is 6.20 Å². The molecule has 5 heteroatoms. The third kappa shape index (κ3) is 5.47. The fraction of sp³-hybridized carbons (Fsp3) is 0.250. The highest BCUT2D eigenvalue weighted by atomic mass is 19.1. The topological polar surface area (TPSA) is 42.0 Å². The van der Waals surface area contributed by atoms with Crippen LogP contribution in [0.3, 0.4) is 0 Å². The molecule has 1 atom stereocenters. The summed E-state index contributed by atoms with van der Waals surface area (Å²) in [7, 11) is 0. The normalized spacial score (nSPS) is 12.1. The van der Waals surface area contributed by atoms with Gasteiger partial charge in [0, 0.05) is 23.6 Å². The largest absolute Gasteiger partial charge is 0.326 e. The Morgan fingerprint density at radius 1 is 0.966 bits per heavy atom. The van der Waals surface area contributed by atoms with Crippen molar-refractivity contribution in [1.82, 2.24) is 4.98 Å². The fourth-order valence-corrected chi connectivity index (χ4v) is 3.34. The minimum atomic E-state index is -0.682. The van der Waals surface area contributed by atoms with Crippen LogP contribution in [0.1, 0.15) is 37.4 Å². The maximum atomic E-state index is 13.7. The molecule has 1 N–H and O–H groups in total. The Bertz CT molecular complexity index is 980. The molecule has 1 heterocycles. The van der Waals surface area contributed by atoms with E-state index in [4.69, 9.17) is 0 Å². The van der Waals surface area contributed by atoms with Crippen molar-refractivity contribution in [2.45, 2.75) is 33.1 Å². The van der Waals surface area contributed by atoms with Gasteiger partial charge in [0.15, 0.2) is 0 Å². The van der Waals surface area contributed by atoms with Crippen molar-refractivity contribution >= 4 is 11.6 Å². The van der Waals surface area contributed by atoms with E-state index < -0.39 is 17.6 Å². The number of aromatic nitrogens is 1. The van der Waals surface area contributed by atoms with Crippen molar-refractivity contribution in [3.63, 3.8) is 0 Å². The molecule has 1 amide bonds. The Kier molecular flexibility index (Phi) is 6.37. The van der Waals surface area contributed by atoms with Crippen LogP contribution in [0.2, 0.25) is 0 Å². The number of carbonyl (C=O) groups is 1. The number of halogens is 2. The minimum Gasteiger partial charge on any atom is -0.326 e. The van der Waals surface area contributed by atoms with E-state index in [1.807, 2.05) is 57.2 Å². The van der Waals surface area contributed by atoms with Crippen LogP contribution in [-0.2, 0) is 4.79 Å². The molecule has 0 aliphatic carbocycles. The number of hydrogen-bond acceptors (Lipinski definition) is 2. The van der Waals surface area contributed by atoms with Crippen LogP contribution in [0.5, 0.6) is 0 Å². The van der Waals surface area contributed by atoms with Crippen molar-refractivity contribution in [1.29, 1.82) is 0 Å². The fourth-order valence-electron chi connectivity index (χ4n) is 3.34. The van der Waals surface area contributed by atoms with Gasteiger partial charge >= 0.3 is 0 Å². The van der Waals surface area contributed by atoms with Crippen LogP contribution in [-0.4, -0.2) is 10.9 Å². The molecule has 0 saturated carbocycles. The summed E-state index contributed by atoms with van der Waals surface area (Å²) in [4.78, 5) is 17.1. The van der Waals surface area contributed by atoms with Crippen LogP contribution in [0.4, 0.5) is 14.5 Å². The number of benzene rings is 2. The number of pyridine rings is 1. The van der Waals surface area contributed by atoms with Gasteiger partial charge in [-0.15, -0.1) is 0 Å². The van der Waals surface area contributed by atoms with E-state index in [0.717, 1.165) is 22.9 Å². The zero-order valence-corrected chi connectivity index (χ0v) is 16.7.